The summed E-state index contributed by atoms with van der Waals surface area (Å²) in [6.07, 6.45) is 1.89. The van der Waals surface area contributed by atoms with Crippen LogP contribution in [0.4, 0.5) is 16.2 Å². The molecule has 0 radical (unpaired) electrons. The first-order chi connectivity index (χ1) is 18.4. The highest BCUT2D eigenvalue weighted by molar-refractivity contribution is 7.92. The van der Waals surface area contributed by atoms with Crippen molar-refractivity contribution in [1.29, 1.82) is 0 Å². The van der Waals surface area contributed by atoms with Crippen molar-refractivity contribution in [1.82, 2.24) is 14.9 Å². The number of carbonyl (C=O) groups is 1. The summed E-state index contributed by atoms with van der Waals surface area (Å²) in [6.45, 7) is 11.3. The molecule has 2 heterocycles. The van der Waals surface area contributed by atoms with Gasteiger partial charge in [0, 0.05) is 38.0 Å². The number of aromatic nitrogens is 2. The number of anilines is 2. The van der Waals surface area contributed by atoms with Gasteiger partial charge in [-0.05, 0) is 95.8 Å². The second kappa shape index (κ2) is 11.5. The number of urea groups is 1. The molecule has 10 nitrogen and oxygen atoms in total. The van der Waals surface area contributed by atoms with Crippen molar-refractivity contribution >= 4 is 38.5 Å². The smallest absolute Gasteiger partial charge is 0.319 e. The molecule has 3 N–H and O–H groups in total. The van der Waals surface area contributed by atoms with Gasteiger partial charge in [-0.1, -0.05) is 0 Å². The Bertz CT molecular complexity index is 1400. The number of hydrogen-bond donors (Lipinski definition) is 3. The fourth-order valence-corrected chi connectivity index (χ4v) is 6.34. The van der Waals surface area contributed by atoms with Crippen LogP contribution in [0.1, 0.15) is 53.3 Å². The van der Waals surface area contributed by atoms with Gasteiger partial charge in [-0.3, -0.25) is 4.31 Å². The Morgan fingerprint density at radius 3 is 2.44 bits per heavy atom. The molecule has 4 rings (SSSR count). The van der Waals surface area contributed by atoms with Crippen LogP contribution >= 0.6 is 0 Å². The predicted molar refractivity (Wildman–Crippen MR) is 152 cm³/mol. The average Bonchev–Trinajstić information content (AvgIpc) is 3.23. The zero-order chi connectivity index (χ0) is 28.4. The van der Waals surface area contributed by atoms with Gasteiger partial charge in [0.1, 0.15) is 11.4 Å². The predicted octanol–water partition coefficient (Wildman–Crippen LogP) is 4.44. The Morgan fingerprint density at radius 2 is 1.85 bits per heavy atom. The number of ether oxygens (including phenoxy) is 1. The first kappa shape index (κ1) is 28.8. The maximum absolute atomic E-state index is 13.6. The van der Waals surface area contributed by atoms with E-state index in [1.54, 1.807) is 45.0 Å². The number of nitrogens with zero attached hydrogens (tertiary/aromatic N) is 3. The van der Waals surface area contributed by atoms with Crippen molar-refractivity contribution < 1.29 is 23.1 Å². The SMILES string of the molecule is CCN(c1ccc2c(c1)nc(C(C)(C)O)n2CC1CCOCC1)S(=O)(=O)c1ccc(NC(=O)NC(C)C)cc1. The fourth-order valence-electron chi connectivity index (χ4n) is 4.87. The maximum atomic E-state index is 13.6. The summed E-state index contributed by atoms with van der Waals surface area (Å²) in [5.41, 5.74) is 1.29. The molecule has 0 spiro atoms. The standard InChI is InChI=1S/C28H39N5O5S/c1-6-33(39(36,37)23-10-7-21(8-11-23)30-27(34)29-19(2)3)22-9-12-25-24(17-22)31-26(28(4,5)35)32(25)18-20-13-15-38-16-14-20/h7-12,17,19-20,35H,6,13-16,18H2,1-5H3,(H2,29,30,34). The fraction of sp³-hybridized carbons (Fsp3) is 0.500. The van der Waals surface area contributed by atoms with Crippen LogP contribution in [0.3, 0.4) is 0 Å². The number of imidazole rings is 1. The van der Waals surface area contributed by atoms with Crippen LogP contribution in [-0.4, -0.2) is 54.9 Å². The highest BCUT2D eigenvalue weighted by atomic mass is 32.2. The quantitative estimate of drug-likeness (QED) is 0.357. The minimum atomic E-state index is -3.88. The molecule has 0 unspecified atom stereocenters. The minimum absolute atomic E-state index is 0.0205. The molecule has 1 aromatic heterocycles. The third-order valence-electron chi connectivity index (χ3n) is 6.76. The lowest BCUT2D eigenvalue weighted by Crippen LogP contribution is -2.34. The Balaban J connectivity index is 1.64. The number of hydrogen-bond acceptors (Lipinski definition) is 6. The van der Waals surface area contributed by atoms with Crippen LogP contribution in [0, 0.1) is 5.92 Å². The number of carbonyl (C=O) groups excluding carboxylic acids is 1. The largest absolute Gasteiger partial charge is 0.383 e. The normalized spacial score (nSPS) is 15.1. The summed E-state index contributed by atoms with van der Waals surface area (Å²) < 4.78 is 36.1. The van der Waals surface area contributed by atoms with Gasteiger partial charge in [0.25, 0.3) is 10.0 Å². The second-order valence-corrected chi connectivity index (χ2v) is 12.6. The lowest BCUT2D eigenvalue weighted by Gasteiger charge is -2.26. The monoisotopic (exact) mass is 557 g/mol. The molecule has 1 saturated heterocycles. The zero-order valence-electron chi connectivity index (χ0n) is 23.3. The van der Waals surface area contributed by atoms with Crippen LogP contribution in [0.2, 0.25) is 0 Å². The maximum Gasteiger partial charge on any atom is 0.319 e. The van der Waals surface area contributed by atoms with E-state index in [0.717, 1.165) is 31.6 Å². The van der Waals surface area contributed by atoms with Crippen molar-refractivity contribution in [3.63, 3.8) is 0 Å². The number of nitrogens with one attached hydrogen (secondary N) is 2. The number of aliphatic hydroxyl groups is 1. The second-order valence-electron chi connectivity index (χ2n) is 10.8. The molecule has 1 aliphatic rings. The molecule has 0 atom stereocenters. The van der Waals surface area contributed by atoms with E-state index in [-0.39, 0.29) is 23.5 Å². The zero-order valence-corrected chi connectivity index (χ0v) is 24.1. The third kappa shape index (κ3) is 6.54. The van der Waals surface area contributed by atoms with Gasteiger partial charge in [-0.25, -0.2) is 18.2 Å². The van der Waals surface area contributed by atoms with Crippen molar-refractivity contribution in [3.05, 3.63) is 48.3 Å². The molecule has 212 valence electrons. The van der Waals surface area contributed by atoms with Crippen LogP contribution in [0.15, 0.2) is 47.4 Å². The number of amides is 2. The molecule has 0 saturated carbocycles. The van der Waals surface area contributed by atoms with Gasteiger partial charge in [0.2, 0.25) is 0 Å². The molecule has 2 amide bonds. The molecule has 1 fully saturated rings. The topological polar surface area (TPSA) is 126 Å². The van der Waals surface area contributed by atoms with Crippen molar-refractivity contribution in [2.45, 2.75) is 70.5 Å². The van der Waals surface area contributed by atoms with E-state index >= 15 is 0 Å². The molecule has 39 heavy (non-hydrogen) atoms. The molecule has 0 aliphatic carbocycles. The summed E-state index contributed by atoms with van der Waals surface area (Å²) in [7, 11) is -3.88. The molecule has 11 heteroatoms. The number of rotatable bonds is 9. The molecule has 3 aromatic rings. The van der Waals surface area contributed by atoms with Crippen molar-refractivity contribution in [3.8, 4) is 0 Å². The first-order valence-corrected chi connectivity index (χ1v) is 14.9. The Kier molecular flexibility index (Phi) is 8.53. The van der Waals surface area contributed by atoms with Crippen molar-refractivity contribution in [2.24, 2.45) is 5.92 Å². The van der Waals surface area contributed by atoms with Crippen LogP contribution in [-0.2, 0) is 26.9 Å². The summed E-state index contributed by atoms with van der Waals surface area (Å²) in [5, 5.41) is 16.3. The van der Waals surface area contributed by atoms with E-state index in [2.05, 4.69) is 15.2 Å². The lowest BCUT2D eigenvalue weighted by molar-refractivity contribution is 0.0512. The van der Waals surface area contributed by atoms with Gasteiger partial charge in [0.15, 0.2) is 0 Å². The lowest BCUT2D eigenvalue weighted by atomic mass is 9.99. The van der Waals surface area contributed by atoms with Gasteiger partial charge in [0.05, 0.1) is 21.6 Å². The molecule has 0 bridgehead atoms. The van der Waals surface area contributed by atoms with E-state index in [4.69, 9.17) is 9.72 Å². The van der Waals surface area contributed by atoms with E-state index < -0.39 is 15.6 Å². The van der Waals surface area contributed by atoms with Gasteiger partial charge in [-0.15, -0.1) is 0 Å². The summed E-state index contributed by atoms with van der Waals surface area (Å²) in [5.74, 6) is 0.968. The molecule has 1 aliphatic heterocycles. The average molecular weight is 558 g/mol. The van der Waals surface area contributed by atoms with Crippen LogP contribution in [0.25, 0.3) is 11.0 Å². The van der Waals surface area contributed by atoms with Crippen LogP contribution in [0.5, 0.6) is 0 Å². The van der Waals surface area contributed by atoms with Gasteiger partial charge < -0.3 is 25.0 Å². The first-order valence-electron chi connectivity index (χ1n) is 13.4. The Hall–Kier alpha value is -3.15. The van der Waals surface area contributed by atoms with E-state index in [0.29, 0.717) is 35.2 Å². The molecule has 2 aromatic carbocycles. The highest BCUT2D eigenvalue weighted by Crippen LogP contribution is 2.32. The Morgan fingerprint density at radius 1 is 1.18 bits per heavy atom. The minimum Gasteiger partial charge on any atom is -0.383 e. The van der Waals surface area contributed by atoms with Crippen LogP contribution < -0.4 is 14.9 Å². The van der Waals surface area contributed by atoms with E-state index in [1.807, 2.05) is 19.9 Å². The summed E-state index contributed by atoms with van der Waals surface area (Å²) >= 11 is 0. The Labute approximate surface area is 230 Å². The molecular formula is C28H39N5O5S. The summed E-state index contributed by atoms with van der Waals surface area (Å²) in [6, 6.07) is 11.1. The van der Waals surface area contributed by atoms with Crippen molar-refractivity contribution in [2.75, 3.05) is 29.4 Å². The highest BCUT2D eigenvalue weighted by Gasteiger charge is 2.29. The number of sulfonamides is 1. The number of benzene rings is 2. The third-order valence-corrected chi connectivity index (χ3v) is 8.67. The van der Waals surface area contributed by atoms with E-state index in [9.17, 15) is 18.3 Å². The molecular weight excluding hydrogens is 518 g/mol. The van der Waals surface area contributed by atoms with Gasteiger partial charge in [-0.2, -0.15) is 0 Å². The summed E-state index contributed by atoms with van der Waals surface area (Å²) in [4.78, 5) is 16.8. The number of fused-ring (bicyclic) bond motifs is 1. The van der Waals surface area contributed by atoms with E-state index in [1.165, 1.54) is 16.4 Å². The van der Waals surface area contributed by atoms with Gasteiger partial charge >= 0.3 is 6.03 Å².